The summed E-state index contributed by atoms with van der Waals surface area (Å²) in [6, 6.07) is -1.48. The van der Waals surface area contributed by atoms with Crippen LogP contribution in [0.1, 0.15) is 219 Å². The average molecular weight is 934 g/mol. The third-order valence-corrected chi connectivity index (χ3v) is 11.9. The van der Waals surface area contributed by atoms with Crippen molar-refractivity contribution < 1.29 is 42.7 Å². The lowest BCUT2D eigenvalue weighted by molar-refractivity contribution is -0.154. The quantitative estimate of drug-likeness (QED) is 0.0232. The van der Waals surface area contributed by atoms with E-state index in [1.165, 1.54) is 116 Å². The summed E-state index contributed by atoms with van der Waals surface area (Å²) in [7, 11) is -4.63. The standard InChI is InChI=1S/C54H96NO9P/c1-3-5-7-9-11-13-15-17-19-21-23-25-26-27-28-30-32-34-36-38-40-42-44-46-53(56)64-51(49-62-65(59,60)63-50-52(55)54(57)58)48-61-47-45-43-41-39-37-35-33-31-29-24-22-20-18-16-14-12-10-8-6-4-2/h5,7,11,13,17-20,23,25,27-28,51-52H,3-4,6,8-10,12,14-16,21-22,24,26,29-50,55H2,1-2H3,(H,57,58)(H,59,60)/b7-5-,13-11-,19-17-,20-18-,25-23-,28-27-. The highest BCUT2D eigenvalue weighted by Gasteiger charge is 2.27. The molecular formula is C54H96NO9P. The van der Waals surface area contributed by atoms with Gasteiger partial charge in [-0.2, -0.15) is 0 Å². The van der Waals surface area contributed by atoms with E-state index in [-0.39, 0.29) is 13.0 Å². The number of carbonyl (C=O) groups is 2. The normalized spacial score (nSPS) is 14.3. The lowest BCUT2D eigenvalue weighted by Crippen LogP contribution is -2.34. The number of phosphoric ester groups is 1. The Bertz CT molecular complexity index is 1310. The molecule has 0 heterocycles. The topological polar surface area (TPSA) is 155 Å². The van der Waals surface area contributed by atoms with Gasteiger partial charge in [-0.15, -0.1) is 0 Å². The van der Waals surface area contributed by atoms with E-state index in [9.17, 15) is 19.0 Å². The largest absolute Gasteiger partial charge is 0.480 e. The Labute approximate surface area is 397 Å². The first-order valence-corrected chi connectivity index (χ1v) is 27.5. The fraction of sp³-hybridized carbons (Fsp3) is 0.741. The first-order chi connectivity index (χ1) is 31.7. The molecule has 376 valence electrons. The lowest BCUT2D eigenvalue weighted by atomic mass is 10.1. The Morgan fingerprint density at radius 1 is 0.508 bits per heavy atom. The van der Waals surface area contributed by atoms with Crippen molar-refractivity contribution in [2.45, 2.75) is 231 Å². The summed E-state index contributed by atoms with van der Waals surface area (Å²) in [4.78, 5) is 33.7. The molecule has 0 aromatic heterocycles. The Morgan fingerprint density at radius 3 is 1.35 bits per heavy atom. The fourth-order valence-corrected chi connectivity index (χ4v) is 7.76. The molecule has 0 spiro atoms. The van der Waals surface area contributed by atoms with Gasteiger partial charge in [-0.3, -0.25) is 18.6 Å². The predicted molar refractivity (Wildman–Crippen MR) is 272 cm³/mol. The average Bonchev–Trinajstić information content (AvgIpc) is 3.29. The number of hydrogen-bond donors (Lipinski definition) is 3. The number of rotatable bonds is 49. The Kier molecular flexibility index (Phi) is 47.4. The lowest BCUT2D eigenvalue weighted by Gasteiger charge is -2.20. The molecule has 0 amide bonds. The van der Waals surface area contributed by atoms with Crippen LogP contribution in [0.25, 0.3) is 0 Å². The molecule has 0 radical (unpaired) electrons. The first kappa shape index (κ1) is 62.4. The third-order valence-electron chi connectivity index (χ3n) is 11.0. The van der Waals surface area contributed by atoms with Gasteiger partial charge < -0.3 is 25.2 Å². The number of carbonyl (C=O) groups excluding carboxylic acids is 1. The van der Waals surface area contributed by atoms with Gasteiger partial charge >= 0.3 is 19.8 Å². The van der Waals surface area contributed by atoms with Gasteiger partial charge in [0, 0.05) is 13.0 Å². The van der Waals surface area contributed by atoms with E-state index in [1.807, 2.05) is 0 Å². The van der Waals surface area contributed by atoms with Crippen LogP contribution in [-0.4, -0.2) is 60.5 Å². The molecule has 0 aromatic carbocycles. The summed E-state index contributed by atoms with van der Waals surface area (Å²) in [6.45, 7) is 3.76. The Morgan fingerprint density at radius 2 is 0.892 bits per heavy atom. The van der Waals surface area contributed by atoms with E-state index in [0.29, 0.717) is 13.0 Å². The van der Waals surface area contributed by atoms with Gasteiger partial charge in [0.15, 0.2) is 0 Å². The van der Waals surface area contributed by atoms with Crippen LogP contribution in [-0.2, 0) is 32.7 Å². The van der Waals surface area contributed by atoms with Gasteiger partial charge in [0.05, 0.1) is 19.8 Å². The molecule has 0 fully saturated rings. The maximum Gasteiger partial charge on any atom is 0.472 e. The number of carboxylic acid groups (broad SMARTS) is 1. The van der Waals surface area contributed by atoms with E-state index < -0.39 is 45.1 Å². The summed E-state index contributed by atoms with van der Waals surface area (Å²) in [5, 5.41) is 8.93. The number of aliphatic carboxylic acids is 1. The molecule has 10 nitrogen and oxygen atoms in total. The SMILES string of the molecule is CC/C=C\C/C=C\C/C=C\C/C=C\C/C=C\CCCCCCCCCC(=O)OC(COCCCCCCCCCCCC/C=C\CCCCCCCC)COP(=O)(O)OCC(N)C(=O)O. The predicted octanol–water partition coefficient (Wildman–Crippen LogP) is 15.3. The summed E-state index contributed by atoms with van der Waals surface area (Å²) >= 11 is 0. The van der Waals surface area contributed by atoms with Crippen LogP contribution in [0, 0.1) is 0 Å². The monoisotopic (exact) mass is 934 g/mol. The number of nitrogens with two attached hydrogens (primary N) is 1. The third kappa shape index (κ3) is 49.1. The van der Waals surface area contributed by atoms with Crippen molar-refractivity contribution in [3.05, 3.63) is 72.9 Å². The zero-order chi connectivity index (χ0) is 47.6. The minimum absolute atomic E-state index is 0.00885. The van der Waals surface area contributed by atoms with Crippen molar-refractivity contribution in [3.63, 3.8) is 0 Å². The summed E-state index contributed by atoms with van der Waals surface area (Å²) in [6.07, 6.45) is 62.4. The second kappa shape index (κ2) is 49.3. The first-order valence-electron chi connectivity index (χ1n) is 26.0. The van der Waals surface area contributed by atoms with E-state index >= 15 is 0 Å². The molecule has 4 N–H and O–H groups in total. The summed E-state index contributed by atoms with van der Waals surface area (Å²) < 4.78 is 33.5. The minimum Gasteiger partial charge on any atom is -0.480 e. The molecule has 0 saturated carbocycles. The number of unbranched alkanes of at least 4 members (excludes halogenated alkanes) is 23. The van der Waals surface area contributed by atoms with E-state index in [4.69, 9.17) is 29.4 Å². The second-order valence-corrected chi connectivity index (χ2v) is 18.7. The molecule has 3 atom stereocenters. The number of allylic oxidation sites excluding steroid dienone is 12. The van der Waals surface area contributed by atoms with Gasteiger partial charge in [0.25, 0.3) is 0 Å². The second-order valence-electron chi connectivity index (χ2n) is 17.3. The van der Waals surface area contributed by atoms with Crippen LogP contribution in [0.5, 0.6) is 0 Å². The molecule has 0 saturated heterocycles. The maximum absolute atomic E-state index is 12.7. The van der Waals surface area contributed by atoms with Gasteiger partial charge in [0.1, 0.15) is 12.1 Å². The number of carboxylic acids is 1. The molecule has 0 rings (SSSR count). The maximum atomic E-state index is 12.7. The van der Waals surface area contributed by atoms with Crippen molar-refractivity contribution >= 4 is 19.8 Å². The van der Waals surface area contributed by atoms with Crippen LogP contribution >= 0.6 is 7.82 Å². The van der Waals surface area contributed by atoms with Crippen LogP contribution in [0.15, 0.2) is 72.9 Å². The van der Waals surface area contributed by atoms with E-state index in [2.05, 4.69) is 86.8 Å². The zero-order valence-electron chi connectivity index (χ0n) is 41.3. The van der Waals surface area contributed by atoms with Gasteiger partial charge in [0.2, 0.25) is 0 Å². The molecule has 3 unspecified atom stereocenters. The van der Waals surface area contributed by atoms with Crippen molar-refractivity contribution in [1.82, 2.24) is 0 Å². The van der Waals surface area contributed by atoms with Crippen LogP contribution in [0.3, 0.4) is 0 Å². The van der Waals surface area contributed by atoms with Gasteiger partial charge in [-0.25, -0.2) is 4.57 Å². The number of hydrogen-bond acceptors (Lipinski definition) is 8. The number of phosphoric acid groups is 1. The van der Waals surface area contributed by atoms with Crippen molar-refractivity contribution in [1.29, 1.82) is 0 Å². The van der Waals surface area contributed by atoms with Gasteiger partial charge in [-0.05, 0) is 83.5 Å². The molecule has 65 heavy (non-hydrogen) atoms. The van der Waals surface area contributed by atoms with Crippen molar-refractivity contribution in [3.8, 4) is 0 Å². The van der Waals surface area contributed by atoms with Crippen LogP contribution < -0.4 is 5.73 Å². The fourth-order valence-electron chi connectivity index (χ4n) is 6.98. The summed E-state index contributed by atoms with van der Waals surface area (Å²) in [5.74, 6) is -1.79. The summed E-state index contributed by atoms with van der Waals surface area (Å²) in [5.41, 5.74) is 5.38. The Balaban J connectivity index is 4.17. The van der Waals surface area contributed by atoms with Crippen molar-refractivity contribution in [2.75, 3.05) is 26.4 Å². The highest BCUT2D eigenvalue weighted by atomic mass is 31.2. The molecule has 0 bridgehead atoms. The smallest absolute Gasteiger partial charge is 0.472 e. The molecule has 0 aliphatic carbocycles. The zero-order valence-corrected chi connectivity index (χ0v) is 42.2. The molecule has 0 aliphatic heterocycles. The number of ether oxygens (including phenoxy) is 2. The van der Waals surface area contributed by atoms with E-state index in [0.717, 1.165) is 77.0 Å². The molecule has 11 heteroatoms. The highest BCUT2D eigenvalue weighted by Crippen LogP contribution is 2.43. The van der Waals surface area contributed by atoms with E-state index in [1.54, 1.807) is 0 Å². The number of esters is 1. The van der Waals surface area contributed by atoms with Crippen LogP contribution in [0.2, 0.25) is 0 Å². The van der Waals surface area contributed by atoms with Crippen molar-refractivity contribution in [2.24, 2.45) is 5.73 Å². The molecular weight excluding hydrogens is 838 g/mol. The molecule has 0 aliphatic rings. The van der Waals surface area contributed by atoms with Gasteiger partial charge in [-0.1, -0.05) is 202 Å². The highest BCUT2D eigenvalue weighted by molar-refractivity contribution is 7.47. The minimum atomic E-state index is -4.63. The Hall–Kier alpha value is -2.59. The molecule has 0 aromatic rings. The van der Waals surface area contributed by atoms with Crippen LogP contribution in [0.4, 0.5) is 0 Å².